The third kappa shape index (κ3) is 5.16. The Morgan fingerprint density at radius 2 is 1.76 bits per heavy atom. The predicted molar refractivity (Wildman–Crippen MR) is 153 cm³/mol. The average Bonchev–Trinajstić information content (AvgIpc) is 3.41. The van der Waals surface area contributed by atoms with Gasteiger partial charge < -0.3 is 9.80 Å². The second-order valence-electron chi connectivity index (χ2n) is 9.07. The van der Waals surface area contributed by atoms with E-state index in [-0.39, 0.29) is 0 Å². The number of imidazole rings is 1. The third-order valence-corrected chi connectivity index (χ3v) is 8.13. The lowest BCUT2D eigenvalue weighted by molar-refractivity contribution is -0.678. The highest BCUT2D eigenvalue weighted by molar-refractivity contribution is 7.89. The molecule has 202 valence electrons. The molecule has 0 fully saturated rings. The maximum Gasteiger partial charge on any atom is 0.285 e. The van der Waals surface area contributed by atoms with Gasteiger partial charge in [0, 0.05) is 25.1 Å². The number of nitrogens with zero attached hydrogens (tertiary/aromatic N) is 4. The van der Waals surface area contributed by atoms with Gasteiger partial charge in [-0.05, 0) is 63.1 Å². The fourth-order valence-corrected chi connectivity index (χ4v) is 6.08. The van der Waals surface area contributed by atoms with Crippen LogP contribution in [0.3, 0.4) is 0 Å². The molecule has 2 aliphatic rings. The number of aryl methyl sites for hydroxylation is 2. The van der Waals surface area contributed by atoms with Crippen molar-refractivity contribution in [3.05, 3.63) is 70.2 Å². The predicted octanol–water partition coefficient (Wildman–Crippen LogP) is 7.01. The molecular formula is C27H31Cl2N4O4S+. The van der Waals surface area contributed by atoms with Crippen LogP contribution in [0.1, 0.15) is 38.9 Å². The Balaban J connectivity index is 1.51. The monoisotopic (exact) mass is 577 g/mol. The van der Waals surface area contributed by atoms with Crippen LogP contribution in [0.15, 0.2) is 54.4 Å². The molecule has 1 N–H and O–H groups in total. The van der Waals surface area contributed by atoms with E-state index in [1.165, 1.54) is 22.4 Å². The first-order chi connectivity index (χ1) is 18.6. The number of hydrogen-bond acceptors (Lipinski definition) is 7. The summed E-state index contributed by atoms with van der Waals surface area (Å²) in [6, 6.07) is 12.5. The number of hydrogen-bond donors (Lipinski definition) is 1. The Hall–Kier alpha value is -2.24. The van der Waals surface area contributed by atoms with Gasteiger partial charge in [-0.2, -0.15) is 0 Å². The minimum absolute atomic E-state index is 0.448. The number of aromatic nitrogens is 2. The Labute approximate surface area is 236 Å². The topological polar surface area (TPSA) is 63.2 Å². The zero-order chi connectivity index (χ0) is 26.6. The zero-order valence-electron chi connectivity index (χ0n) is 21.4. The van der Waals surface area contributed by atoms with Gasteiger partial charge in [-0.25, -0.2) is 14.4 Å². The zero-order valence-corrected chi connectivity index (χ0v) is 23.7. The number of allylic oxidation sites excluding steroid dienone is 3. The maximum absolute atomic E-state index is 8.26. The SMILES string of the molecule is CCN1C(=CC=C2CCC[n+]3c2n(CCCOSOOO)c2ccccc23)N(CC)c2cc(Cl)c(Cl)cc21. The molecule has 0 saturated carbocycles. The summed E-state index contributed by atoms with van der Waals surface area (Å²) in [5.74, 6) is 2.34. The first-order valence-corrected chi connectivity index (χ1v) is 14.2. The summed E-state index contributed by atoms with van der Waals surface area (Å²) in [5, 5.41) is 13.0. The molecule has 0 spiro atoms. The summed E-state index contributed by atoms with van der Waals surface area (Å²) >= 11 is 13.4. The summed E-state index contributed by atoms with van der Waals surface area (Å²) in [5.41, 5.74) is 5.89. The first kappa shape index (κ1) is 27.3. The first-order valence-electron chi connectivity index (χ1n) is 12.8. The van der Waals surface area contributed by atoms with Crippen molar-refractivity contribution in [1.82, 2.24) is 4.57 Å². The van der Waals surface area contributed by atoms with Gasteiger partial charge in [0.25, 0.3) is 5.82 Å². The summed E-state index contributed by atoms with van der Waals surface area (Å²) in [4.78, 5) is 4.58. The molecule has 2 aliphatic heterocycles. The van der Waals surface area contributed by atoms with Gasteiger partial charge in [-0.15, -0.1) is 4.33 Å². The van der Waals surface area contributed by atoms with E-state index in [0.29, 0.717) is 29.0 Å². The van der Waals surface area contributed by atoms with Gasteiger partial charge in [0.05, 0.1) is 41.1 Å². The highest BCUT2D eigenvalue weighted by Gasteiger charge is 2.32. The van der Waals surface area contributed by atoms with Crippen LogP contribution in [-0.4, -0.2) is 29.5 Å². The van der Waals surface area contributed by atoms with Crippen molar-refractivity contribution >= 4 is 63.5 Å². The van der Waals surface area contributed by atoms with E-state index in [2.05, 4.69) is 78.6 Å². The molecule has 0 bridgehead atoms. The van der Waals surface area contributed by atoms with Gasteiger partial charge in [0.15, 0.2) is 23.4 Å². The molecular weight excluding hydrogens is 547 g/mol. The van der Waals surface area contributed by atoms with Crippen LogP contribution in [0, 0.1) is 0 Å². The second-order valence-corrected chi connectivity index (χ2v) is 10.4. The van der Waals surface area contributed by atoms with Crippen LogP contribution >= 0.6 is 35.5 Å². The summed E-state index contributed by atoms with van der Waals surface area (Å²) in [6.45, 7) is 8.15. The highest BCUT2D eigenvalue weighted by atomic mass is 35.5. The number of anilines is 2. The molecule has 2 aromatic carbocycles. The fourth-order valence-electron chi connectivity index (χ4n) is 5.51. The van der Waals surface area contributed by atoms with Crippen LogP contribution in [0.4, 0.5) is 11.4 Å². The third-order valence-electron chi connectivity index (χ3n) is 7.02. The van der Waals surface area contributed by atoms with E-state index in [1.807, 2.05) is 12.1 Å². The van der Waals surface area contributed by atoms with Crippen LogP contribution < -0.4 is 14.4 Å². The molecule has 3 aromatic rings. The number of rotatable bonds is 10. The van der Waals surface area contributed by atoms with E-state index in [1.54, 1.807) is 0 Å². The summed E-state index contributed by atoms with van der Waals surface area (Å²) in [7, 11) is 0. The normalized spacial score (nSPS) is 16.0. The van der Waals surface area contributed by atoms with E-state index in [9.17, 15) is 0 Å². The van der Waals surface area contributed by atoms with E-state index in [0.717, 1.165) is 62.6 Å². The lowest BCUT2D eigenvalue weighted by Crippen LogP contribution is -2.40. The molecule has 11 heteroatoms. The highest BCUT2D eigenvalue weighted by Crippen LogP contribution is 2.45. The lowest BCUT2D eigenvalue weighted by Gasteiger charge is -2.23. The molecule has 3 heterocycles. The van der Waals surface area contributed by atoms with Crippen molar-refractivity contribution in [3.8, 4) is 0 Å². The average molecular weight is 579 g/mol. The van der Waals surface area contributed by atoms with Gasteiger partial charge in [-0.3, -0.25) is 4.18 Å². The van der Waals surface area contributed by atoms with Crippen molar-refractivity contribution in [3.63, 3.8) is 0 Å². The molecule has 0 unspecified atom stereocenters. The lowest BCUT2D eigenvalue weighted by atomic mass is 10.0. The molecule has 0 saturated heterocycles. The smallest absolute Gasteiger partial charge is 0.285 e. The molecule has 0 amide bonds. The minimum atomic E-state index is 0.448. The van der Waals surface area contributed by atoms with Gasteiger partial charge in [0.1, 0.15) is 5.82 Å². The van der Waals surface area contributed by atoms with E-state index in [4.69, 9.17) is 32.6 Å². The van der Waals surface area contributed by atoms with Crippen molar-refractivity contribution in [1.29, 1.82) is 0 Å². The minimum Gasteiger partial charge on any atom is -0.326 e. The Kier molecular flexibility index (Phi) is 8.84. The Morgan fingerprint density at radius 3 is 2.45 bits per heavy atom. The number of halogens is 2. The summed E-state index contributed by atoms with van der Waals surface area (Å²) < 4.78 is 14.4. The summed E-state index contributed by atoms with van der Waals surface area (Å²) in [6.07, 6.45) is 7.35. The maximum atomic E-state index is 8.26. The van der Waals surface area contributed by atoms with Crippen molar-refractivity contribution in [2.45, 2.75) is 46.2 Å². The van der Waals surface area contributed by atoms with Gasteiger partial charge in [-0.1, -0.05) is 40.4 Å². The van der Waals surface area contributed by atoms with Crippen molar-refractivity contribution in [2.75, 3.05) is 29.5 Å². The van der Waals surface area contributed by atoms with Crippen LogP contribution in [0.5, 0.6) is 0 Å². The van der Waals surface area contributed by atoms with E-state index >= 15 is 0 Å². The molecule has 8 nitrogen and oxygen atoms in total. The van der Waals surface area contributed by atoms with Crippen LogP contribution in [0.2, 0.25) is 10.0 Å². The number of fused-ring (bicyclic) bond motifs is 4. The molecule has 0 aliphatic carbocycles. The fraction of sp³-hybridized carbons (Fsp3) is 0.370. The second kappa shape index (κ2) is 12.3. The van der Waals surface area contributed by atoms with Crippen LogP contribution in [-0.2, 0) is 26.6 Å². The number of para-hydroxylation sites is 2. The Morgan fingerprint density at radius 1 is 1.05 bits per heavy atom. The molecule has 38 heavy (non-hydrogen) atoms. The standard InChI is InChI=1S/C27H30Cl2N4O4S/c1-3-30-24-17-20(28)21(29)18-25(24)31(4-2)26(30)13-12-19-9-7-14-32-22-10-5-6-11-23(22)33(27(19)32)15-8-16-35-38-37-36-34/h5-6,10-13,17-18H,3-4,7-9,14-16H2,1-2H3/p+1. The van der Waals surface area contributed by atoms with Gasteiger partial charge >= 0.3 is 0 Å². The van der Waals surface area contributed by atoms with Crippen LogP contribution in [0.25, 0.3) is 16.6 Å². The number of benzene rings is 2. The largest absolute Gasteiger partial charge is 0.326 e. The molecule has 0 radical (unpaired) electrons. The van der Waals surface area contributed by atoms with E-state index < -0.39 is 0 Å². The molecule has 1 aromatic heterocycles. The van der Waals surface area contributed by atoms with Crippen molar-refractivity contribution in [2.24, 2.45) is 0 Å². The van der Waals surface area contributed by atoms with Gasteiger partial charge in [0.2, 0.25) is 0 Å². The van der Waals surface area contributed by atoms with Crippen molar-refractivity contribution < 1.29 is 23.4 Å². The Bertz CT molecular complexity index is 1340. The molecule has 5 rings (SSSR count). The molecule has 0 atom stereocenters. The quantitative estimate of drug-likeness (QED) is 0.0913.